The van der Waals surface area contributed by atoms with Gasteiger partial charge in [0.15, 0.2) is 0 Å². The average Bonchev–Trinajstić information content (AvgIpc) is 2.98. The molecule has 116 valence electrons. The van der Waals surface area contributed by atoms with Gasteiger partial charge in [-0.3, -0.25) is 0 Å². The van der Waals surface area contributed by atoms with Crippen molar-refractivity contribution in [3.8, 4) is 0 Å². The minimum atomic E-state index is -0.439. The van der Waals surface area contributed by atoms with Gasteiger partial charge in [0.2, 0.25) is 0 Å². The monoisotopic (exact) mass is 303 g/mol. The van der Waals surface area contributed by atoms with Gasteiger partial charge in [-0.25, -0.2) is 9.18 Å². The van der Waals surface area contributed by atoms with Crippen LogP contribution in [0.3, 0.4) is 0 Å². The van der Waals surface area contributed by atoms with E-state index in [0.717, 1.165) is 30.5 Å². The summed E-state index contributed by atoms with van der Waals surface area (Å²) in [5, 5.41) is 0. The summed E-state index contributed by atoms with van der Waals surface area (Å²) >= 11 is 0. The number of anilines is 1. The van der Waals surface area contributed by atoms with Crippen LogP contribution in [0.4, 0.5) is 10.1 Å². The maximum atomic E-state index is 14.3. The van der Waals surface area contributed by atoms with Crippen LogP contribution < -0.4 is 4.90 Å². The van der Waals surface area contributed by atoms with E-state index in [4.69, 9.17) is 9.15 Å². The number of halogens is 1. The number of hydrogen-bond acceptors (Lipinski definition) is 4. The van der Waals surface area contributed by atoms with Crippen molar-refractivity contribution in [1.82, 2.24) is 0 Å². The van der Waals surface area contributed by atoms with Crippen molar-refractivity contribution in [2.24, 2.45) is 0 Å². The van der Waals surface area contributed by atoms with E-state index in [-0.39, 0.29) is 5.82 Å². The van der Waals surface area contributed by atoms with Crippen molar-refractivity contribution >= 4 is 11.7 Å². The number of hydrogen-bond donors (Lipinski definition) is 0. The second kappa shape index (κ2) is 5.83. The number of methoxy groups -OCH3 is 1. The SMILES string of the molecule is COC(=O)c1ccoc1CN1CCCc2c(C)ccc(F)c21. The smallest absolute Gasteiger partial charge is 0.341 e. The lowest BCUT2D eigenvalue weighted by molar-refractivity contribution is 0.0598. The Bertz CT molecular complexity index is 708. The highest BCUT2D eigenvalue weighted by atomic mass is 19.1. The molecule has 5 heteroatoms. The molecule has 22 heavy (non-hydrogen) atoms. The molecule has 2 aromatic rings. The molecule has 0 amide bonds. The summed E-state index contributed by atoms with van der Waals surface area (Å²) in [5.41, 5.74) is 3.15. The molecule has 0 radical (unpaired) electrons. The lowest BCUT2D eigenvalue weighted by Gasteiger charge is -2.32. The number of furan rings is 1. The molecule has 0 atom stereocenters. The van der Waals surface area contributed by atoms with Gasteiger partial charge < -0.3 is 14.1 Å². The van der Waals surface area contributed by atoms with Crippen LogP contribution in [0.2, 0.25) is 0 Å². The molecule has 0 fully saturated rings. The molecule has 0 unspecified atom stereocenters. The first-order chi connectivity index (χ1) is 10.6. The summed E-state index contributed by atoms with van der Waals surface area (Å²) in [6, 6.07) is 4.89. The molecule has 0 aliphatic carbocycles. The van der Waals surface area contributed by atoms with E-state index in [1.165, 1.54) is 19.4 Å². The van der Waals surface area contributed by atoms with Crippen LogP contribution in [0.5, 0.6) is 0 Å². The van der Waals surface area contributed by atoms with Gasteiger partial charge in [-0.1, -0.05) is 6.07 Å². The van der Waals surface area contributed by atoms with Gasteiger partial charge in [-0.15, -0.1) is 0 Å². The van der Waals surface area contributed by atoms with Crippen LogP contribution in [0.25, 0.3) is 0 Å². The quantitative estimate of drug-likeness (QED) is 0.814. The molecule has 1 aliphatic rings. The number of ether oxygens (including phenoxy) is 1. The topological polar surface area (TPSA) is 42.7 Å². The van der Waals surface area contributed by atoms with Crippen molar-refractivity contribution in [2.75, 3.05) is 18.6 Å². The zero-order valence-corrected chi connectivity index (χ0v) is 12.7. The Morgan fingerprint density at radius 2 is 2.23 bits per heavy atom. The largest absolute Gasteiger partial charge is 0.467 e. The fourth-order valence-corrected chi connectivity index (χ4v) is 3.01. The van der Waals surface area contributed by atoms with E-state index in [0.29, 0.717) is 23.6 Å². The first-order valence-electron chi connectivity index (χ1n) is 7.29. The number of carbonyl (C=O) groups is 1. The number of aryl methyl sites for hydroxylation is 1. The van der Waals surface area contributed by atoms with Crippen molar-refractivity contribution in [2.45, 2.75) is 26.3 Å². The van der Waals surface area contributed by atoms with Crippen molar-refractivity contribution in [3.63, 3.8) is 0 Å². The maximum absolute atomic E-state index is 14.3. The summed E-state index contributed by atoms with van der Waals surface area (Å²) in [6.45, 7) is 3.08. The molecule has 1 aliphatic heterocycles. The minimum absolute atomic E-state index is 0.230. The highest BCUT2D eigenvalue weighted by Gasteiger charge is 2.25. The van der Waals surface area contributed by atoms with Gasteiger partial charge in [0.25, 0.3) is 0 Å². The number of carbonyl (C=O) groups excluding carboxylic acids is 1. The van der Waals surface area contributed by atoms with Crippen LogP contribution in [0.15, 0.2) is 28.9 Å². The molecule has 1 aromatic carbocycles. The van der Waals surface area contributed by atoms with E-state index in [1.54, 1.807) is 6.07 Å². The first kappa shape index (κ1) is 14.6. The fraction of sp³-hybridized carbons (Fsp3) is 0.353. The van der Waals surface area contributed by atoms with Gasteiger partial charge in [0.1, 0.15) is 17.1 Å². The molecule has 3 rings (SSSR count). The predicted octanol–water partition coefficient (Wildman–Crippen LogP) is 3.47. The molecule has 0 N–H and O–H groups in total. The Kier molecular flexibility index (Phi) is 3.88. The van der Waals surface area contributed by atoms with Crippen LogP contribution in [0.1, 0.15) is 33.7 Å². The zero-order valence-electron chi connectivity index (χ0n) is 12.7. The Labute approximate surface area is 128 Å². The van der Waals surface area contributed by atoms with E-state index >= 15 is 0 Å². The second-order valence-corrected chi connectivity index (χ2v) is 5.47. The van der Waals surface area contributed by atoms with Gasteiger partial charge in [-0.05, 0) is 43.0 Å². The lowest BCUT2D eigenvalue weighted by Crippen LogP contribution is -2.30. The summed E-state index contributed by atoms with van der Waals surface area (Å²) in [7, 11) is 1.33. The second-order valence-electron chi connectivity index (χ2n) is 5.47. The fourth-order valence-electron chi connectivity index (χ4n) is 3.01. The normalized spacial score (nSPS) is 13.9. The molecule has 0 saturated heterocycles. The van der Waals surface area contributed by atoms with Gasteiger partial charge in [0.05, 0.1) is 25.6 Å². The third-order valence-corrected chi connectivity index (χ3v) is 4.12. The maximum Gasteiger partial charge on any atom is 0.341 e. The lowest BCUT2D eigenvalue weighted by atomic mass is 9.96. The standard InChI is InChI=1S/C17H18FNO3/c1-11-5-6-14(18)16-12(11)4-3-8-19(16)10-15-13(7-9-22-15)17(20)21-2/h5-7,9H,3-4,8,10H2,1-2H3. The molecule has 0 spiro atoms. The van der Waals surface area contributed by atoms with E-state index in [2.05, 4.69) is 0 Å². The number of rotatable bonds is 3. The third kappa shape index (κ3) is 2.47. The summed E-state index contributed by atoms with van der Waals surface area (Å²) < 4.78 is 24.4. The van der Waals surface area contributed by atoms with Crippen molar-refractivity contribution in [1.29, 1.82) is 0 Å². The Morgan fingerprint density at radius 1 is 1.41 bits per heavy atom. The predicted molar refractivity (Wildman–Crippen MR) is 80.6 cm³/mol. The average molecular weight is 303 g/mol. The van der Waals surface area contributed by atoms with Crippen LogP contribution >= 0.6 is 0 Å². The van der Waals surface area contributed by atoms with Crippen LogP contribution in [-0.2, 0) is 17.7 Å². The van der Waals surface area contributed by atoms with Gasteiger partial charge in [-0.2, -0.15) is 0 Å². The third-order valence-electron chi connectivity index (χ3n) is 4.12. The molecule has 2 heterocycles. The molecule has 4 nitrogen and oxygen atoms in total. The Morgan fingerprint density at radius 3 is 3.00 bits per heavy atom. The highest BCUT2D eigenvalue weighted by Crippen LogP contribution is 2.33. The molecular formula is C17H18FNO3. The Balaban J connectivity index is 1.95. The molecule has 0 saturated carbocycles. The molecule has 0 bridgehead atoms. The van der Waals surface area contributed by atoms with E-state index in [9.17, 15) is 9.18 Å². The molecule has 1 aromatic heterocycles. The first-order valence-corrected chi connectivity index (χ1v) is 7.29. The molecular weight excluding hydrogens is 285 g/mol. The van der Waals surface area contributed by atoms with E-state index in [1.807, 2.05) is 17.9 Å². The summed E-state index contributed by atoms with van der Waals surface area (Å²) in [5.74, 6) is -0.169. The summed E-state index contributed by atoms with van der Waals surface area (Å²) in [6.07, 6.45) is 3.28. The summed E-state index contributed by atoms with van der Waals surface area (Å²) in [4.78, 5) is 13.7. The van der Waals surface area contributed by atoms with Crippen LogP contribution in [-0.4, -0.2) is 19.6 Å². The van der Waals surface area contributed by atoms with Crippen molar-refractivity contribution < 1.29 is 18.3 Å². The van der Waals surface area contributed by atoms with Gasteiger partial charge in [0, 0.05) is 6.54 Å². The zero-order chi connectivity index (χ0) is 15.7. The number of benzene rings is 1. The highest BCUT2D eigenvalue weighted by molar-refractivity contribution is 5.90. The Hall–Kier alpha value is -2.30. The minimum Gasteiger partial charge on any atom is -0.467 e. The number of fused-ring (bicyclic) bond motifs is 1. The van der Waals surface area contributed by atoms with Crippen LogP contribution in [0, 0.1) is 12.7 Å². The van der Waals surface area contributed by atoms with E-state index < -0.39 is 5.97 Å². The number of nitrogens with zero attached hydrogens (tertiary/aromatic N) is 1. The van der Waals surface area contributed by atoms with Crippen molar-refractivity contribution in [3.05, 3.63) is 52.7 Å². The number of esters is 1. The van der Waals surface area contributed by atoms with Gasteiger partial charge >= 0.3 is 5.97 Å².